The maximum Gasteiger partial charge on any atom is 0.163 e. The molecule has 2 aromatic carbocycles. The fraction of sp³-hybridized carbons (Fsp3) is 0.200. The molecule has 0 aliphatic heterocycles. The Labute approximate surface area is 130 Å². The molecule has 0 N–H and O–H groups in total. The molecule has 0 radical (unpaired) electrons. The van der Waals surface area contributed by atoms with Gasteiger partial charge in [0.25, 0.3) is 0 Å². The summed E-state index contributed by atoms with van der Waals surface area (Å²) in [6.07, 6.45) is 2.21. The Hall–Kier alpha value is -2.48. The van der Waals surface area contributed by atoms with Crippen LogP contribution in [0.2, 0.25) is 0 Å². The largest absolute Gasteiger partial charge is 0.295 e. The van der Waals surface area contributed by atoms with Gasteiger partial charge in [-0.2, -0.15) is 0 Å². The Bertz CT molecular complexity index is 714. The number of Topliss-reactive ketones (excluding diaryl/α,β-unsaturated/α-hetero) is 1. The molecule has 0 bridgehead atoms. The van der Waals surface area contributed by atoms with E-state index in [1.807, 2.05) is 60.7 Å². The first kappa shape index (κ1) is 14.5. The van der Waals surface area contributed by atoms with Crippen LogP contribution in [0.1, 0.15) is 36.3 Å². The number of hydrogen-bond acceptors (Lipinski definition) is 2. The molecule has 0 aromatic heterocycles. The lowest BCUT2D eigenvalue weighted by Gasteiger charge is -2.28. The minimum absolute atomic E-state index is 0.0124. The number of benzene rings is 2. The van der Waals surface area contributed by atoms with Crippen LogP contribution in [0.5, 0.6) is 0 Å². The molecule has 2 unspecified atom stereocenters. The third-order valence-corrected chi connectivity index (χ3v) is 4.30. The molecular formula is C20H18O2. The van der Waals surface area contributed by atoms with E-state index in [9.17, 15) is 9.59 Å². The normalized spacial score (nSPS) is 21.3. The molecule has 2 nitrogen and oxygen atoms in total. The molecule has 2 heteroatoms. The van der Waals surface area contributed by atoms with Gasteiger partial charge in [-0.15, -0.1) is 0 Å². The van der Waals surface area contributed by atoms with Crippen LogP contribution in [0.25, 0.3) is 0 Å². The van der Waals surface area contributed by atoms with E-state index >= 15 is 0 Å². The number of ketones is 2. The van der Waals surface area contributed by atoms with E-state index in [0.717, 1.165) is 11.1 Å². The van der Waals surface area contributed by atoms with Gasteiger partial charge in [-0.05, 0) is 30.5 Å². The Balaban J connectivity index is 2.03. The van der Waals surface area contributed by atoms with Crippen LogP contribution in [0, 0.1) is 0 Å². The summed E-state index contributed by atoms with van der Waals surface area (Å²) in [5.41, 5.74) is 2.74. The summed E-state index contributed by atoms with van der Waals surface area (Å²) in [5, 5.41) is 0. The molecule has 22 heavy (non-hydrogen) atoms. The lowest BCUT2D eigenvalue weighted by atomic mass is 9.73. The van der Waals surface area contributed by atoms with Crippen molar-refractivity contribution in [1.82, 2.24) is 0 Å². The zero-order valence-corrected chi connectivity index (χ0v) is 12.5. The molecule has 2 atom stereocenters. The molecule has 0 saturated heterocycles. The summed E-state index contributed by atoms with van der Waals surface area (Å²) in [5.74, 6) is -0.173. The van der Waals surface area contributed by atoms with Gasteiger partial charge >= 0.3 is 0 Å². The van der Waals surface area contributed by atoms with E-state index in [1.165, 1.54) is 6.92 Å². The van der Waals surface area contributed by atoms with Gasteiger partial charge in [0.2, 0.25) is 0 Å². The van der Waals surface area contributed by atoms with Crippen molar-refractivity contribution in [3.8, 4) is 0 Å². The smallest absolute Gasteiger partial charge is 0.163 e. The molecular weight excluding hydrogens is 272 g/mol. The summed E-state index contributed by atoms with van der Waals surface area (Å²) in [6, 6.07) is 19.8. The van der Waals surface area contributed by atoms with Gasteiger partial charge in [0.15, 0.2) is 11.6 Å². The van der Waals surface area contributed by atoms with Crippen molar-refractivity contribution in [3.63, 3.8) is 0 Å². The molecule has 0 saturated carbocycles. The SMILES string of the molecule is CC(=O)C1=CC(=O)C(c2ccccc2)CC1c1ccccc1. The number of allylic oxidation sites excluding steroid dienone is 2. The van der Waals surface area contributed by atoms with E-state index in [-0.39, 0.29) is 23.4 Å². The van der Waals surface area contributed by atoms with Crippen LogP contribution in [0.3, 0.4) is 0 Å². The Kier molecular flexibility index (Phi) is 4.01. The molecule has 110 valence electrons. The summed E-state index contributed by atoms with van der Waals surface area (Å²) < 4.78 is 0. The van der Waals surface area contributed by atoms with E-state index < -0.39 is 0 Å². The fourth-order valence-corrected chi connectivity index (χ4v) is 3.17. The van der Waals surface area contributed by atoms with Gasteiger partial charge < -0.3 is 0 Å². The summed E-state index contributed by atoms with van der Waals surface area (Å²) >= 11 is 0. The molecule has 3 rings (SSSR count). The highest BCUT2D eigenvalue weighted by atomic mass is 16.1. The van der Waals surface area contributed by atoms with Gasteiger partial charge in [0.05, 0.1) is 0 Å². The van der Waals surface area contributed by atoms with Crippen molar-refractivity contribution in [3.05, 3.63) is 83.4 Å². The topological polar surface area (TPSA) is 34.1 Å². The maximum atomic E-state index is 12.5. The van der Waals surface area contributed by atoms with Gasteiger partial charge in [-0.3, -0.25) is 9.59 Å². The van der Waals surface area contributed by atoms with Crippen LogP contribution >= 0.6 is 0 Å². The predicted octanol–water partition coefficient (Wildman–Crippen LogP) is 4.04. The van der Waals surface area contributed by atoms with E-state index in [4.69, 9.17) is 0 Å². The molecule has 2 aromatic rings. The maximum absolute atomic E-state index is 12.5. The lowest BCUT2D eigenvalue weighted by molar-refractivity contribution is -0.118. The average molecular weight is 290 g/mol. The molecule has 0 spiro atoms. The first-order chi connectivity index (χ1) is 10.7. The van der Waals surface area contributed by atoms with Gasteiger partial charge in [-0.25, -0.2) is 0 Å². The van der Waals surface area contributed by atoms with Gasteiger partial charge in [0.1, 0.15) is 0 Å². The van der Waals surface area contributed by atoms with E-state index in [0.29, 0.717) is 12.0 Å². The molecule has 0 heterocycles. The van der Waals surface area contributed by atoms with Crippen molar-refractivity contribution >= 4 is 11.6 Å². The minimum Gasteiger partial charge on any atom is -0.295 e. The van der Waals surface area contributed by atoms with Crippen molar-refractivity contribution in [1.29, 1.82) is 0 Å². The molecule has 0 fully saturated rings. The van der Waals surface area contributed by atoms with Crippen LogP contribution < -0.4 is 0 Å². The second-order valence-corrected chi connectivity index (χ2v) is 5.72. The van der Waals surface area contributed by atoms with Crippen molar-refractivity contribution in [2.45, 2.75) is 25.2 Å². The van der Waals surface area contributed by atoms with Crippen LogP contribution in [-0.2, 0) is 9.59 Å². The third-order valence-electron chi connectivity index (χ3n) is 4.30. The fourth-order valence-electron chi connectivity index (χ4n) is 3.17. The van der Waals surface area contributed by atoms with Gasteiger partial charge in [-0.1, -0.05) is 60.7 Å². The highest BCUT2D eigenvalue weighted by Crippen LogP contribution is 2.40. The first-order valence-corrected chi connectivity index (χ1v) is 7.53. The average Bonchev–Trinajstić information content (AvgIpc) is 2.56. The Morgan fingerprint density at radius 2 is 1.36 bits per heavy atom. The van der Waals surface area contributed by atoms with Crippen molar-refractivity contribution in [2.75, 3.05) is 0 Å². The molecule has 0 amide bonds. The Morgan fingerprint density at radius 3 is 1.86 bits per heavy atom. The van der Waals surface area contributed by atoms with Crippen molar-refractivity contribution < 1.29 is 9.59 Å². The monoisotopic (exact) mass is 290 g/mol. The number of carbonyl (C=O) groups excluding carboxylic acids is 2. The van der Waals surface area contributed by atoms with E-state index in [2.05, 4.69) is 0 Å². The number of rotatable bonds is 3. The quantitative estimate of drug-likeness (QED) is 0.855. The van der Waals surface area contributed by atoms with Crippen molar-refractivity contribution in [2.24, 2.45) is 0 Å². The summed E-state index contributed by atoms with van der Waals surface area (Å²) in [7, 11) is 0. The highest BCUT2D eigenvalue weighted by Gasteiger charge is 2.33. The second-order valence-electron chi connectivity index (χ2n) is 5.72. The number of carbonyl (C=O) groups is 2. The predicted molar refractivity (Wildman–Crippen MR) is 86.8 cm³/mol. The minimum atomic E-state index is -0.172. The second kappa shape index (κ2) is 6.10. The van der Waals surface area contributed by atoms with Crippen LogP contribution in [-0.4, -0.2) is 11.6 Å². The molecule has 1 aliphatic carbocycles. The third kappa shape index (κ3) is 2.77. The first-order valence-electron chi connectivity index (χ1n) is 7.53. The van der Waals surface area contributed by atoms with Crippen LogP contribution in [0.4, 0.5) is 0 Å². The Morgan fingerprint density at radius 1 is 0.864 bits per heavy atom. The van der Waals surface area contributed by atoms with Crippen LogP contribution in [0.15, 0.2) is 72.3 Å². The summed E-state index contributed by atoms with van der Waals surface area (Å²) in [6.45, 7) is 1.54. The standard InChI is InChI=1S/C20H18O2/c1-14(21)17-13-20(22)19(16-10-6-3-7-11-16)12-18(17)15-8-4-2-5-9-15/h2-11,13,18-19H,12H2,1H3. The lowest BCUT2D eigenvalue weighted by Crippen LogP contribution is -2.24. The number of hydrogen-bond donors (Lipinski definition) is 0. The highest BCUT2D eigenvalue weighted by molar-refractivity contribution is 6.06. The zero-order valence-electron chi connectivity index (χ0n) is 12.5. The molecule has 1 aliphatic rings. The summed E-state index contributed by atoms with van der Waals surface area (Å²) in [4.78, 5) is 24.4. The van der Waals surface area contributed by atoms with Gasteiger partial charge in [0, 0.05) is 17.4 Å². The van der Waals surface area contributed by atoms with E-state index in [1.54, 1.807) is 6.08 Å². The zero-order chi connectivity index (χ0) is 15.5.